The average molecular weight is 245 g/mol. The minimum absolute atomic E-state index is 0.118. The van der Waals surface area contributed by atoms with E-state index < -0.39 is 20.2 Å². The molecule has 6 nitrogen and oxygen atoms in total. The van der Waals surface area contributed by atoms with Gasteiger partial charge >= 0.3 is 0 Å². The predicted molar refractivity (Wildman–Crippen MR) is 60.7 cm³/mol. The Morgan fingerprint density at radius 2 is 2.12 bits per heavy atom. The molecular weight excluding hydrogens is 230 g/mol. The first-order valence-electron chi connectivity index (χ1n) is 4.92. The number of rotatable bonds is 3. The van der Waals surface area contributed by atoms with Crippen molar-refractivity contribution in [2.45, 2.75) is 32.6 Å². The molecule has 1 aromatic heterocycles. The third kappa shape index (κ3) is 2.08. The predicted octanol–water partition coefficient (Wildman–Crippen LogP) is 0.449. The quantitative estimate of drug-likeness (QED) is 0.834. The molecule has 0 aliphatic rings. The Kier molecular flexibility index (Phi) is 3.37. The Hall–Kier alpha value is -1.37. The summed E-state index contributed by atoms with van der Waals surface area (Å²) >= 11 is 0. The van der Waals surface area contributed by atoms with E-state index in [9.17, 15) is 13.2 Å². The van der Waals surface area contributed by atoms with E-state index in [0.29, 0.717) is 6.54 Å². The summed E-state index contributed by atoms with van der Waals surface area (Å²) in [7, 11) is -3.81. The average Bonchev–Trinajstić information content (AvgIpc) is 2.58. The van der Waals surface area contributed by atoms with Crippen molar-refractivity contribution in [3.8, 4) is 0 Å². The molecule has 2 N–H and O–H groups in total. The van der Waals surface area contributed by atoms with Crippen molar-refractivity contribution in [3.05, 3.63) is 11.8 Å². The molecule has 0 radical (unpaired) electrons. The standard InChI is InChI=1S/C9H15N3O3S/c1-4-12-8(10)5-7(11-12)9(13)16(14,15)6(2)3/h5-6H,4,10H2,1-3H3. The monoisotopic (exact) mass is 245 g/mol. The molecule has 16 heavy (non-hydrogen) atoms. The Balaban J connectivity index is 3.16. The van der Waals surface area contributed by atoms with E-state index in [2.05, 4.69) is 5.10 Å². The zero-order valence-corrected chi connectivity index (χ0v) is 10.3. The highest BCUT2D eigenvalue weighted by molar-refractivity contribution is 8.07. The third-order valence-electron chi connectivity index (χ3n) is 2.20. The molecule has 0 spiro atoms. The first kappa shape index (κ1) is 12.7. The van der Waals surface area contributed by atoms with Crippen molar-refractivity contribution >= 4 is 20.8 Å². The summed E-state index contributed by atoms with van der Waals surface area (Å²) < 4.78 is 24.6. The number of nitrogens with two attached hydrogens (primary N) is 1. The number of hydrogen-bond acceptors (Lipinski definition) is 5. The van der Waals surface area contributed by atoms with E-state index in [0.717, 1.165) is 0 Å². The van der Waals surface area contributed by atoms with Crippen molar-refractivity contribution in [2.75, 3.05) is 5.73 Å². The van der Waals surface area contributed by atoms with Crippen LogP contribution in [0.1, 0.15) is 31.3 Å². The minimum Gasteiger partial charge on any atom is -0.384 e. The fourth-order valence-corrected chi connectivity index (χ4v) is 1.96. The maximum Gasteiger partial charge on any atom is 0.297 e. The summed E-state index contributed by atoms with van der Waals surface area (Å²) in [6.45, 7) is 5.19. The number of hydrogen-bond donors (Lipinski definition) is 1. The highest BCUT2D eigenvalue weighted by atomic mass is 32.2. The van der Waals surface area contributed by atoms with E-state index in [1.54, 1.807) is 6.92 Å². The van der Waals surface area contributed by atoms with Gasteiger partial charge in [-0.05, 0) is 20.8 Å². The van der Waals surface area contributed by atoms with E-state index in [1.165, 1.54) is 24.6 Å². The smallest absolute Gasteiger partial charge is 0.297 e. The third-order valence-corrected chi connectivity index (χ3v) is 4.17. The van der Waals surface area contributed by atoms with Crippen molar-refractivity contribution in [1.29, 1.82) is 0 Å². The molecule has 0 bridgehead atoms. The van der Waals surface area contributed by atoms with Gasteiger partial charge in [-0.2, -0.15) is 5.10 Å². The first-order chi connectivity index (χ1) is 7.30. The molecule has 1 rings (SSSR count). The van der Waals surface area contributed by atoms with Gasteiger partial charge < -0.3 is 5.73 Å². The molecule has 0 amide bonds. The number of aryl methyl sites for hydroxylation is 1. The van der Waals surface area contributed by atoms with Crippen LogP contribution >= 0.6 is 0 Å². The van der Waals surface area contributed by atoms with Crippen LogP contribution in [-0.4, -0.2) is 28.6 Å². The van der Waals surface area contributed by atoms with Crippen LogP contribution in [0.25, 0.3) is 0 Å². The van der Waals surface area contributed by atoms with Gasteiger partial charge in [-0.3, -0.25) is 4.79 Å². The maximum absolute atomic E-state index is 11.7. The fraction of sp³-hybridized carbons (Fsp3) is 0.556. The number of anilines is 1. The van der Waals surface area contributed by atoms with Crippen molar-refractivity contribution < 1.29 is 13.2 Å². The van der Waals surface area contributed by atoms with Crippen molar-refractivity contribution in [1.82, 2.24) is 9.78 Å². The second kappa shape index (κ2) is 4.25. The molecule has 90 valence electrons. The molecule has 1 heterocycles. The zero-order chi connectivity index (χ0) is 12.5. The lowest BCUT2D eigenvalue weighted by Crippen LogP contribution is -2.24. The number of carbonyl (C=O) groups excluding carboxylic acids is 1. The molecule has 0 unspecified atom stereocenters. The largest absolute Gasteiger partial charge is 0.384 e. The van der Waals surface area contributed by atoms with Crippen LogP contribution < -0.4 is 5.73 Å². The van der Waals surface area contributed by atoms with Crippen LogP contribution in [0.15, 0.2) is 6.07 Å². The van der Waals surface area contributed by atoms with Crippen LogP contribution in [0.3, 0.4) is 0 Å². The molecule has 1 aromatic rings. The number of carbonyl (C=O) groups is 1. The molecule has 0 saturated carbocycles. The second-order valence-electron chi connectivity index (χ2n) is 3.65. The van der Waals surface area contributed by atoms with E-state index in [4.69, 9.17) is 5.73 Å². The summed E-state index contributed by atoms with van der Waals surface area (Å²) in [6.07, 6.45) is 0. The van der Waals surface area contributed by atoms with Crippen LogP contribution in [-0.2, 0) is 16.4 Å². The second-order valence-corrected chi connectivity index (χ2v) is 6.06. The number of nitrogen functional groups attached to an aromatic ring is 1. The normalized spacial score (nSPS) is 12.0. The molecule has 0 fully saturated rings. The van der Waals surface area contributed by atoms with Crippen LogP contribution in [0.4, 0.5) is 5.82 Å². The Bertz CT molecular complexity index is 502. The molecular formula is C9H15N3O3S. The lowest BCUT2D eigenvalue weighted by molar-refractivity contribution is 0.107. The molecule has 7 heteroatoms. The van der Waals surface area contributed by atoms with Crippen molar-refractivity contribution in [3.63, 3.8) is 0 Å². The van der Waals surface area contributed by atoms with Crippen molar-refractivity contribution in [2.24, 2.45) is 0 Å². The fourth-order valence-electron chi connectivity index (χ4n) is 1.14. The van der Waals surface area contributed by atoms with Gasteiger partial charge in [0.25, 0.3) is 5.12 Å². The number of sulfone groups is 1. The summed E-state index contributed by atoms with van der Waals surface area (Å²) in [5, 5.41) is 2.11. The van der Waals surface area contributed by atoms with Gasteiger partial charge in [0.15, 0.2) is 0 Å². The lowest BCUT2D eigenvalue weighted by atomic mass is 10.4. The van der Waals surface area contributed by atoms with Gasteiger partial charge in [-0.15, -0.1) is 0 Å². The van der Waals surface area contributed by atoms with Gasteiger partial charge in [0.05, 0.1) is 5.25 Å². The summed E-state index contributed by atoms with van der Waals surface area (Å²) in [5.41, 5.74) is 5.44. The maximum atomic E-state index is 11.7. The SMILES string of the molecule is CCn1nc(C(=O)S(=O)(=O)C(C)C)cc1N. The molecule has 0 atom stereocenters. The highest BCUT2D eigenvalue weighted by Gasteiger charge is 2.29. The molecule has 0 aliphatic carbocycles. The topological polar surface area (TPSA) is 95.0 Å². The van der Waals surface area contributed by atoms with Gasteiger partial charge in [0.2, 0.25) is 9.84 Å². The number of aromatic nitrogens is 2. The minimum atomic E-state index is -3.81. The molecule has 0 saturated heterocycles. The Labute approximate surface area is 94.4 Å². The Morgan fingerprint density at radius 3 is 2.50 bits per heavy atom. The van der Waals surface area contributed by atoms with Gasteiger partial charge in [-0.1, -0.05) is 0 Å². The van der Waals surface area contributed by atoms with Gasteiger partial charge in [-0.25, -0.2) is 13.1 Å². The highest BCUT2D eigenvalue weighted by Crippen LogP contribution is 2.13. The summed E-state index contributed by atoms with van der Waals surface area (Å²) in [5.74, 6) is 0.282. The van der Waals surface area contributed by atoms with Crippen LogP contribution in [0.2, 0.25) is 0 Å². The number of nitrogens with zero attached hydrogens (tertiary/aromatic N) is 2. The lowest BCUT2D eigenvalue weighted by Gasteiger charge is -2.03. The zero-order valence-electron chi connectivity index (χ0n) is 9.47. The van der Waals surface area contributed by atoms with Gasteiger partial charge in [0, 0.05) is 12.6 Å². The van der Waals surface area contributed by atoms with E-state index in [-0.39, 0.29) is 11.5 Å². The first-order valence-corrected chi connectivity index (χ1v) is 6.46. The Morgan fingerprint density at radius 1 is 1.56 bits per heavy atom. The van der Waals surface area contributed by atoms with E-state index in [1.807, 2.05) is 0 Å². The van der Waals surface area contributed by atoms with E-state index >= 15 is 0 Å². The molecule has 0 aromatic carbocycles. The van der Waals surface area contributed by atoms with Gasteiger partial charge in [0.1, 0.15) is 11.5 Å². The summed E-state index contributed by atoms with van der Waals surface area (Å²) in [6, 6.07) is 1.28. The van der Waals surface area contributed by atoms with Crippen LogP contribution in [0.5, 0.6) is 0 Å². The van der Waals surface area contributed by atoms with Crippen LogP contribution in [0, 0.1) is 0 Å². The summed E-state index contributed by atoms with van der Waals surface area (Å²) in [4.78, 5) is 11.7. The molecule has 0 aliphatic heterocycles.